The smallest absolute Gasteiger partial charge is 0.159 e. The first kappa shape index (κ1) is 28.4. The number of allylic oxidation sites excluding steroid dienone is 2. The number of hydrogen-bond donors (Lipinski definition) is 0. The fraction of sp³-hybridized carbons (Fsp3) is 0.190. The molecule has 3 heteroatoms. The van der Waals surface area contributed by atoms with Crippen molar-refractivity contribution in [1.29, 1.82) is 0 Å². The monoisotopic (exact) mass is 697 g/mol. The summed E-state index contributed by atoms with van der Waals surface area (Å²) in [6, 6.07) is 40.0. The molecule has 5 aromatic carbocycles. The second-order valence-corrected chi connectivity index (χ2v) is 13.7. The molecule has 1 atom stereocenters. The minimum Gasteiger partial charge on any atom is -0.453 e. The summed E-state index contributed by atoms with van der Waals surface area (Å²) in [6.45, 7) is 9.40. The molecule has 0 fully saturated rings. The number of nitrogens with zero attached hydrogens (tertiary/aromatic N) is 1. The number of anilines is 2. The van der Waals surface area contributed by atoms with Crippen molar-refractivity contribution < 1.29 is 4.42 Å². The van der Waals surface area contributed by atoms with Gasteiger partial charge in [0, 0.05) is 32.9 Å². The summed E-state index contributed by atoms with van der Waals surface area (Å²) in [6.07, 6.45) is 5.92. The number of furan rings is 1. The molecule has 1 aromatic heterocycles. The van der Waals surface area contributed by atoms with Gasteiger partial charge in [0.2, 0.25) is 0 Å². The van der Waals surface area contributed by atoms with E-state index in [9.17, 15) is 0 Å². The van der Waals surface area contributed by atoms with E-state index in [0.717, 1.165) is 28.7 Å². The average molecular weight is 698 g/mol. The first-order valence-electron chi connectivity index (χ1n) is 15.8. The van der Waals surface area contributed by atoms with Crippen molar-refractivity contribution in [2.24, 2.45) is 0 Å². The molecular formula is C42H36INO. The molecule has 0 bridgehead atoms. The van der Waals surface area contributed by atoms with Crippen molar-refractivity contribution in [3.8, 4) is 11.1 Å². The molecule has 3 aliphatic carbocycles. The van der Waals surface area contributed by atoms with Crippen LogP contribution < -0.4 is 4.90 Å². The average Bonchev–Trinajstić information content (AvgIpc) is 3.62. The highest BCUT2D eigenvalue weighted by Crippen LogP contribution is 2.54. The quantitative estimate of drug-likeness (QED) is 0.171. The lowest BCUT2D eigenvalue weighted by atomic mass is 9.79. The highest BCUT2D eigenvalue weighted by molar-refractivity contribution is 14.0. The van der Waals surface area contributed by atoms with Crippen molar-refractivity contribution in [3.63, 3.8) is 0 Å². The Morgan fingerprint density at radius 1 is 0.622 bits per heavy atom. The third kappa shape index (κ3) is 3.86. The first-order chi connectivity index (χ1) is 21.4. The van der Waals surface area contributed by atoms with Gasteiger partial charge in [-0.2, -0.15) is 0 Å². The third-order valence-corrected chi connectivity index (χ3v) is 10.6. The van der Waals surface area contributed by atoms with Crippen LogP contribution in [0.2, 0.25) is 0 Å². The maximum absolute atomic E-state index is 7.07. The predicted molar refractivity (Wildman–Crippen MR) is 199 cm³/mol. The van der Waals surface area contributed by atoms with Gasteiger partial charge in [-0.15, -0.1) is 24.0 Å². The fourth-order valence-corrected chi connectivity index (χ4v) is 8.40. The van der Waals surface area contributed by atoms with E-state index in [2.05, 4.69) is 154 Å². The number of fused-ring (bicyclic) bond motifs is 10. The molecule has 0 amide bonds. The molecule has 0 saturated heterocycles. The lowest BCUT2D eigenvalue weighted by Gasteiger charge is -2.35. The zero-order valence-electron chi connectivity index (χ0n) is 26.1. The lowest BCUT2D eigenvalue weighted by Crippen LogP contribution is -2.32. The van der Waals surface area contributed by atoms with Crippen LogP contribution in [0.5, 0.6) is 0 Å². The molecule has 3 aliphatic rings. The van der Waals surface area contributed by atoms with Crippen molar-refractivity contribution in [1.82, 2.24) is 0 Å². The second-order valence-electron chi connectivity index (χ2n) is 13.7. The highest BCUT2D eigenvalue weighted by Gasteiger charge is 2.41. The molecule has 2 nitrogen and oxygen atoms in total. The van der Waals surface area contributed by atoms with Crippen molar-refractivity contribution >= 4 is 62.9 Å². The van der Waals surface area contributed by atoms with E-state index in [4.69, 9.17) is 4.42 Å². The van der Waals surface area contributed by atoms with Crippen molar-refractivity contribution in [3.05, 3.63) is 149 Å². The zero-order chi connectivity index (χ0) is 29.8. The molecule has 1 heterocycles. The fourth-order valence-electron chi connectivity index (χ4n) is 8.40. The number of benzene rings is 5. The van der Waals surface area contributed by atoms with Crippen LogP contribution in [0.25, 0.3) is 38.6 Å². The van der Waals surface area contributed by atoms with Crippen LogP contribution in [0, 0.1) is 0 Å². The van der Waals surface area contributed by atoms with Crippen molar-refractivity contribution in [2.45, 2.75) is 51.0 Å². The topological polar surface area (TPSA) is 16.4 Å². The summed E-state index contributed by atoms with van der Waals surface area (Å²) in [5.74, 6) is 0. The number of para-hydroxylation sites is 2. The number of halogens is 1. The number of rotatable bonds is 3. The van der Waals surface area contributed by atoms with Gasteiger partial charge in [-0.25, -0.2) is 0 Å². The SMILES string of the molecule is CC1(C)C2=CC(N(c3ccccc3)c3cccc4c3oc3c5c(ccc34)C(C)(C)c3ccccc3-5)CC=C2c2ccccc21.I. The van der Waals surface area contributed by atoms with Crippen LogP contribution in [0.15, 0.2) is 131 Å². The molecule has 6 aromatic rings. The molecule has 0 N–H and O–H groups in total. The van der Waals surface area contributed by atoms with Gasteiger partial charge in [0.25, 0.3) is 0 Å². The van der Waals surface area contributed by atoms with Crippen LogP contribution >= 0.6 is 24.0 Å². The second kappa shape index (κ2) is 9.95. The summed E-state index contributed by atoms with van der Waals surface area (Å²) in [5, 5.41) is 2.34. The van der Waals surface area contributed by atoms with Gasteiger partial charge in [-0.1, -0.05) is 131 Å². The van der Waals surface area contributed by atoms with Crippen LogP contribution in [0.4, 0.5) is 11.4 Å². The van der Waals surface area contributed by atoms with E-state index in [1.807, 2.05) is 0 Å². The Labute approximate surface area is 282 Å². The normalized spacial score (nSPS) is 18.4. The van der Waals surface area contributed by atoms with E-state index in [0.29, 0.717) is 0 Å². The zero-order valence-corrected chi connectivity index (χ0v) is 28.4. The Morgan fingerprint density at radius 2 is 1.29 bits per heavy atom. The first-order valence-corrected chi connectivity index (χ1v) is 15.8. The molecule has 9 rings (SSSR count). The van der Waals surface area contributed by atoms with Gasteiger partial charge in [-0.3, -0.25) is 0 Å². The van der Waals surface area contributed by atoms with Gasteiger partial charge in [-0.05, 0) is 63.6 Å². The van der Waals surface area contributed by atoms with E-state index < -0.39 is 0 Å². The van der Waals surface area contributed by atoms with Gasteiger partial charge >= 0.3 is 0 Å². The van der Waals surface area contributed by atoms with Crippen LogP contribution in [0.1, 0.15) is 56.4 Å². The molecule has 0 aliphatic heterocycles. The minimum atomic E-state index is -0.0675. The van der Waals surface area contributed by atoms with E-state index in [1.165, 1.54) is 55.6 Å². The highest BCUT2D eigenvalue weighted by atomic mass is 127. The molecule has 0 saturated carbocycles. The Hall–Kier alpha value is -4.09. The maximum atomic E-state index is 7.07. The van der Waals surface area contributed by atoms with E-state index in [-0.39, 0.29) is 40.8 Å². The standard InChI is InChI=1S/C42H35NO.HI/c1-41(2)34-19-11-9-16-32(34)38-35(41)24-23-31-30-17-12-20-37(39(30)44-40(31)38)43(26-13-6-5-7-14-26)27-21-22-29-28-15-8-10-18-33(28)42(3,4)36(29)25-27;/h5-20,22-25,27H,21H2,1-4H3;1H. The molecular weight excluding hydrogens is 661 g/mol. The summed E-state index contributed by atoms with van der Waals surface area (Å²) in [5.41, 5.74) is 15.0. The molecule has 1 unspecified atom stereocenters. The Balaban J connectivity index is 0.00000300. The minimum absolute atomic E-state index is 0. The summed E-state index contributed by atoms with van der Waals surface area (Å²) in [7, 11) is 0. The largest absolute Gasteiger partial charge is 0.453 e. The third-order valence-electron chi connectivity index (χ3n) is 10.6. The molecule has 45 heavy (non-hydrogen) atoms. The lowest BCUT2D eigenvalue weighted by molar-refractivity contribution is 0.641. The Bertz CT molecular complexity index is 2210. The predicted octanol–water partition coefficient (Wildman–Crippen LogP) is 11.7. The molecule has 0 spiro atoms. The summed E-state index contributed by atoms with van der Waals surface area (Å²) < 4.78 is 7.07. The van der Waals surface area contributed by atoms with Gasteiger partial charge in [0.1, 0.15) is 5.58 Å². The van der Waals surface area contributed by atoms with E-state index in [1.54, 1.807) is 0 Å². The number of hydrogen-bond acceptors (Lipinski definition) is 2. The van der Waals surface area contributed by atoms with Gasteiger partial charge < -0.3 is 9.32 Å². The molecule has 222 valence electrons. The summed E-state index contributed by atoms with van der Waals surface area (Å²) in [4.78, 5) is 2.50. The summed E-state index contributed by atoms with van der Waals surface area (Å²) >= 11 is 0. The maximum Gasteiger partial charge on any atom is 0.159 e. The van der Waals surface area contributed by atoms with Crippen LogP contribution in [-0.4, -0.2) is 6.04 Å². The van der Waals surface area contributed by atoms with Crippen LogP contribution in [-0.2, 0) is 10.8 Å². The Kier molecular flexibility index (Phi) is 6.28. The van der Waals surface area contributed by atoms with Crippen molar-refractivity contribution in [2.75, 3.05) is 4.90 Å². The van der Waals surface area contributed by atoms with Gasteiger partial charge in [0.05, 0.1) is 11.7 Å². The van der Waals surface area contributed by atoms with E-state index >= 15 is 0 Å². The van der Waals surface area contributed by atoms with Gasteiger partial charge in [0.15, 0.2) is 5.58 Å². The molecule has 0 radical (unpaired) electrons. The van der Waals surface area contributed by atoms with Crippen LogP contribution in [0.3, 0.4) is 0 Å². The Morgan fingerprint density at radius 3 is 2.07 bits per heavy atom.